The van der Waals surface area contributed by atoms with Crippen LogP contribution in [0.1, 0.15) is 21.9 Å². The second kappa shape index (κ2) is 8.50. The number of rotatable bonds is 8. The van der Waals surface area contributed by atoms with Gasteiger partial charge in [-0.2, -0.15) is 0 Å². The minimum absolute atomic E-state index is 0.202. The lowest BCUT2D eigenvalue weighted by molar-refractivity contribution is 0.0905. The summed E-state index contributed by atoms with van der Waals surface area (Å²) in [4.78, 5) is 14.3. The Labute approximate surface area is 137 Å². The van der Waals surface area contributed by atoms with Gasteiger partial charge in [0, 0.05) is 19.7 Å². The van der Waals surface area contributed by atoms with E-state index in [1.54, 1.807) is 19.2 Å². The molecule has 124 valence electrons. The highest BCUT2D eigenvalue weighted by Crippen LogP contribution is 2.10. The number of amides is 1. The van der Waals surface area contributed by atoms with Gasteiger partial charge in [-0.15, -0.1) is 0 Å². The molecule has 1 atom stereocenters. The molecular formula is C18H24N2O3. The molecule has 0 fully saturated rings. The van der Waals surface area contributed by atoms with Crippen LogP contribution in [-0.2, 0) is 17.8 Å². The van der Waals surface area contributed by atoms with E-state index < -0.39 is 0 Å². The topological polar surface area (TPSA) is 54.7 Å². The van der Waals surface area contributed by atoms with Crippen LogP contribution in [0.15, 0.2) is 46.9 Å². The largest absolute Gasteiger partial charge is 0.453 e. The molecule has 1 N–H and O–H groups in total. The van der Waals surface area contributed by atoms with Gasteiger partial charge in [-0.25, -0.2) is 0 Å². The molecule has 5 nitrogen and oxygen atoms in total. The summed E-state index contributed by atoms with van der Waals surface area (Å²) in [6.07, 6.45) is 0.876. The van der Waals surface area contributed by atoms with E-state index in [1.165, 1.54) is 5.56 Å². The Balaban J connectivity index is 1.91. The number of hydrogen-bond donors (Lipinski definition) is 1. The molecule has 0 aliphatic rings. The van der Waals surface area contributed by atoms with E-state index in [4.69, 9.17) is 9.15 Å². The summed E-state index contributed by atoms with van der Waals surface area (Å²) in [6.45, 7) is 0.919. The van der Waals surface area contributed by atoms with E-state index >= 15 is 0 Å². The zero-order valence-corrected chi connectivity index (χ0v) is 13.9. The number of carbonyl (C=O) groups is 1. The second-order valence-electron chi connectivity index (χ2n) is 5.72. The molecule has 1 aromatic heterocycles. The fraction of sp³-hybridized carbons (Fsp3) is 0.389. The number of furan rings is 1. The Kier molecular flexibility index (Phi) is 6.38. The van der Waals surface area contributed by atoms with Crippen molar-refractivity contribution in [3.8, 4) is 0 Å². The summed E-state index contributed by atoms with van der Waals surface area (Å²) in [5.74, 6) is 0.757. The Morgan fingerprint density at radius 2 is 1.96 bits per heavy atom. The van der Waals surface area contributed by atoms with Crippen LogP contribution in [0, 0.1) is 0 Å². The Bertz CT molecular complexity index is 608. The molecular weight excluding hydrogens is 292 g/mol. The Morgan fingerprint density at radius 1 is 1.22 bits per heavy atom. The highest BCUT2D eigenvalue weighted by Gasteiger charge is 2.16. The number of nitrogens with one attached hydrogen (secondary N) is 1. The van der Waals surface area contributed by atoms with Crippen molar-refractivity contribution < 1.29 is 13.9 Å². The third kappa shape index (κ3) is 5.23. The van der Waals surface area contributed by atoms with Crippen molar-refractivity contribution in [1.29, 1.82) is 0 Å². The lowest BCUT2D eigenvalue weighted by Gasteiger charge is -2.24. The van der Waals surface area contributed by atoms with Gasteiger partial charge in [0.2, 0.25) is 0 Å². The monoisotopic (exact) mass is 316 g/mol. The van der Waals surface area contributed by atoms with E-state index in [0.29, 0.717) is 24.7 Å². The molecule has 0 saturated carbocycles. The zero-order chi connectivity index (χ0) is 16.7. The molecule has 0 aliphatic carbocycles. The minimum Gasteiger partial charge on any atom is -0.453 e. The van der Waals surface area contributed by atoms with Gasteiger partial charge in [-0.1, -0.05) is 30.3 Å². The maximum Gasteiger partial charge on any atom is 0.287 e. The van der Waals surface area contributed by atoms with Crippen molar-refractivity contribution >= 4 is 5.91 Å². The predicted octanol–water partition coefficient (Wildman–Crippen LogP) is 2.33. The first-order valence-corrected chi connectivity index (χ1v) is 7.66. The van der Waals surface area contributed by atoms with Gasteiger partial charge in [0.05, 0.1) is 0 Å². The van der Waals surface area contributed by atoms with Crippen molar-refractivity contribution in [2.24, 2.45) is 0 Å². The summed E-state index contributed by atoms with van der Waals surface area (Å²) in [5.41, 5.74) is 1.25. The van der Waals surface area contributed by atoms with Crippen molar-refractivity contribution in [2.75, 3.05) is 27.7 Å². The zero-order valence-electron chi connectivity index (χ0n) is 13.9. The molecule has 5 heteroatoms. The first kappa shape index (κ1) is 17.2. The summed E-state index contributed by atoms with van der Waals surface area (Å²) in [7, 11) is 5.63. The van der Waals surface area contributed by atoms with Gasteiger partial charge in [-0.3, -0.25) is 4.79 Å². The maximum absolute atomic E-state index is 12.2. The molecule has 1 heterocycles. The molecule has 1 aromatic carbocycles. The van der Waals surface area contributed by atoms with E-state index in [0.717, 1.165) is 6.42 Å². The first-order valence-electron chi connectivity index (χ1n) is 7.66. The average Bonchev–Trinajstić information content (AvgIpc) is 3.01. The fourth-order valence-electron chi connectivity index (χ4n) is 2.34. The van der Waals surface area contributed by atoms with Gasteiger partial charge in [0.15, 0.2) is 5.76 Å². The van der Waals surface area contributed by atoms with Gasteiger partial charge in [0.25, 0.3) is 5.91 Å². The highest BCUT2D eigenvalue weighted by atomic mass is 16.5. The van der Waals surface area contributed by atoms with Crippen LogP contribution in [0.3, 0.4) is 0 Å². The molecule has 0 radical (unpaired) electrons. The van der Waals surface area contributed by atoms with Crippen molar-refractivity contribution in [3.63, 3.8) is 0 Å². The average molecular weight is 316 g/mol. The predicted molar refractivity (Wildman–Crippen MR) is 89.4 cm³/mol. The number of nitrogens with zero attached hydrogens (tertiary/aromatic N) is 1. The molecule has 2 rings (SSSR count). The Hall–Kier alpha value is -2.11. The molecule has 1 unspecified atom stereocenters. The number of benzene rings is 1. The van der Waals surface area contributed by atoms with E-state index in [-0.39, 0.29) is 11.9 Å². The van der Waals surface area contributed by atoms with Crippen molar-refractivity contribution in [1.82, 2.24) is 10.2 Å². The summed E-state index contributed by atoms with van der Waals surface area (Å²) in [6, 6.07) is 13.9. The lowest BCUT2D eigenvalue weighted by Crippen LogP contribution is -2.41. The maximum atomic E-state index is 12.2. The summed E-state index contributed by atoms with van der Waals surface area (Å²) < 4.78 is 10.4. The summed E-state index contributed by atoms with van der Waals surface area (Å²) >= 11 is 0. The number of hydrogen-bond acceptors (Lipinski definition) is 4. The number of ether oxygens (including phenoxy) is 1. The van der Waals surface area contributed by atoms with Crippen LogP contribution in [0.4, 0.5) is 0 Å². The van der Waals surface area contributed by atoms with Crippen molar-refractivity contribution in [3.05, 3.63) is 59.5 Å². The molecule has 0 saturated heterocycles. The van der Waals surface area contributed by atoms with Gasteiger partial charge in [-0.05, 0) is 38.2 Å². The molecule has 0 spiro atoms. The molecule has 1 amide bonds. The van der Waals surface area contributed by atoms with Crippen LogP contribution in [0.5, 0.6) is 0 Å². The molecule has 2 aromatic rings. The normalized spacial score (nSPS) is 12.3. The van der Waals surface area contributed by atoms with Crippen LogP contribution in [0.2, 0.25) is 0 Å². The van der Waals surface area contributed by atoms with Crippen LogP contribution in [0.25, 0.3) is 0 Å². The standard InChI is InChI=1S/C18H24N2O3/c1-20(2)15(11-14-7-5-4-6-8-14)12-19-18(21)17-10-9-16(23-17)13-22-3/h4-10,15H,11-13H2,1-3H3,(H,19,21). The highest BCUT2D eigenvalue weighted by molar-refractivity contribution is 5.91. The summed E-state index contributed by atoms with van der Waals surface area (Å²) in [5, 5.41) is 2.94. The third-order valence-corrected chi connectivity index (χ3v) is 3.71. The van der Waals surface area contributed by atoms with E-state index in [9.17, 15) is 4.79 Å². The van der Waals surface area contributed by atoms with Crippen molar-refractivity contribution in [2.45, 2.75) is 19.1 Å². The second-order valence-corrected chi connectivity index (χ2v) is 5.72. The van der Waals surface area contributed by atoms with Gasteiger partial charge in [0.1, 0.15) is 12.4 Å². The first-order chi connectivity index (χ1) is 11.1. The van der Waals surface area contributed by atoms with Gasteiger partial charge < -0.3 is 19.4 Å². The quantitative estimate of drug-likeness (QED) is 0.812. The molecule has 23 heavy (non-hydrogen) atoms. The molecule has 0 bridgehead atoms. The van der Waals surface area contributed by atoms with Crippen LogP contribution >= 0.6 is 0 Å². The minimum atomic E-state index is -0.202. The molecule has 0 aliphatic heterocycles. The van der Waals surface area contributed by atoms with E-state index in [2.05, 4.69) is 22.3 Å². The van der Waals surface area contributed by atoms with Crippen LogP contribution in [-0.4, -0.2) is 44.6 Å². The smallest absolute Gasteiger partial charge is 0.287 e. The lowest BCUT2D eigenvalue weighted by atomic mass is 10.1. The fourth-order valence-corrected chi connectivity index (χ4v) is 2.34. The number of methoxy groups -OCH3 is 1. The Morgan fingerprint density at radius 3 is 2.61 bits per heavy atom. The number of likely N-dealkylation sites (N-methyl/N-ethyl adjacent to an activating group) is 1. The van der Waals surface area contributed by atoms with E-state index in [1.807, 2.05) is 32.3 Å². The third-order valence-electron chi connectivity index (χ3n) is 3.71. The van der Waals surface area contributed by atoms with Crippen LogP contribution < -0.4 is 5.32 Å². The number of carbonyl (C=O) groups excluding carboxylic acids is 1. The SMILES string of the molecule is COCc1ccc(C(=O)NCC(Cc2ccccc2)N(C)C)o1. The van der Waals surface area contributed by atoms with Gasteiger partial charge >= 0.3 is 0 Å².